The molecule has 0 aliphatic carbocycles. The molecule has 0 fully saturated rings. The van der Waals surface area contributed by atoms with Crippen LogP contribution in [0.15, 0.2) is 105 Å². The summed E-state index contributed by atoms with van der Waals surface area (Å²) in [7, 11) is -19.3. The number of nitrogens with zero attached hydrogens (tertiary/aromatic N) is 8. The van der Waals surface area contributed by atoms with Gasteiger partial charge in [0.05, 0.1) is 36.2 Å². The number of hydrogen-bond donors (Lipinski definition) is 12. The molecular weight excluding hydrogens is 1060 g/mol. The van der Waals surface area contributed by atoms with Gasteiger partial charge in [0.25, 0.3) is 40.5 Å². The van der Waals surface area contributed by atoms with Gasteiger partial charge in [0, 0.05) is 48.9 Å². The summed E-state index contributed by atoms with van der Waals surface area (Å²) < 4.78 is 138. The summed E-state index contributed by atoms with van der Waals surface area (Å²) in [5, 5.41) is 49.7. The summed E-state index contributed by atoms with van der Waals surface area (Å²) in [6.07, 6.45) is 2.25. The van der Waals surface area contributed by atoms with E-state index >= 15 is 0 Å². The first-order chi connectivity index (χ1) is 34.0. The van der Waals surface area contributed by atoms with Crippen LogP contribution in [0, 0.1) is 0 Å². The standard InChI is InChI=1S/C40H44N12O16S4.Na.H/c53-17-13-51(14-18-54)39-47-35(41-27-3-1-5-31(21-27)69(57,58)59)45-37(49-39)43-29-11-9-25(33(23-29)71(63,64)65)7-8-26-10-12-30(24-34(26)72(66,67)68)44-38-46-36(48-40(50-38)52(15-19-55)16-20-56)42-28-4-2-6-32(22-28)70(60,61)62;;/h1-12,21-24,53-56H,13-20H2,(H,57,58,59)(H,60,61,62)(H,63,64,65)(H,66,67,68)(H2,41,43,45,47,49)(H2,42,44,46,48,50);;/b8-7+;;. The average molecular weight is 1100 g/mol. The van der Waals surface area contributed by atoms with Crippen molar-refractivity contribution in [3.05, 3.63) is 96.1 Å². The van der Waals surface area contributed by atoms with Crippen molar-refractivity contribution in [1.82, 2.24) is 29.9 Å². The van der Waals surface area contributed by atoms with Gasteiger partial charge in [-0.2, -0.15) is 63.6 Å². The first-order valence-corrected chi connectivity index (χ1v) is 26.3. The third-order valence-corrected chi connectivity index (χ3v) is 13.1. The molecule has 33 heteroatoms. The summed E-state index contributed by atoms with van der Waals surface area (Å²) in [5.41, 5.74) is -0.244. The fourth-order valence-corrected chi connectivity index (χ4v) is 8.93. The van der Waals surface area contributed by atoms with Gasteiger partial charge in [0.1, 0.15) is 9.79 Å². The number of aliphatic hydroxyl groups is 4. The molecule has 2 aromatic heterocycles. The zero-order valence-electron chi connectivity index (χ0n) is 36.9. The Morgan fingerprint density at radius 1 is 0.411 bits per heavy atom. The second-order valence-electron chi connectivity index (χ2n) is 14.7. The van der Waals surface area contributed by atoms with Crippen molar-refractivity contribution in [3.63, 3.8) is 0 Å². The van der Waals surface area contributed by atoms with Crippen LogP contribution in [0.4, 0.5) is 58.4 Å². The molecule has 0 saturated carbocycles. The molecule has 73 heavy (non-hydrogen) atoms. The summed E-state index contributed by atoms with van der Waals surface area (Å²) >= 11 is 0. The predicted molar refractivity (Wildman–Crippen MR) is 267 cm³/mol. The van der Waals surface area contributed by atoms with E-state index in [0.29, 0.717) is 0 Å². The molecule has 0 bridgehead atoms. The molecule has 0 spiro atoms. The molecule has 0 radical (unpaired) electrons. The number of nitrogens with one attached hydrogen (secondary N) is 4. The van der Waals surface area contributed by atoms with Crippen LogP contribution in [0.5, 0.6) is 0 Å². The Bertz CT molecular complexity index is 3200. The van der Waals surface area contributed by atoms with Gasteiger partial charge in [-0.1, -0.05) is 36.4 Å². The molecule has 0 aliphatic rings. The number of aliphatic hydroxyl groups excluding tert-OH is 4. The van der Waals surface area contributed by atoms with Gasteiger partial charge < -0.3 is 51.5 Å². The van der Waals surface area contributed by atoms with E-state index in [2.05, 4.69) is 51.2 Å². The van der Waals surface area contributed by atoms with Gasteiger partial charge in [-0.3, -0.25) is 18.2 Å². The van der Waals surface area contributed by atoms with Gasteiger partial charge in [-0.05, 0) is 71.8 Å². The molecule has 28 nitrogen and oxygen atoms in total. The van der Waals surface area contributed by atoms with Crippen molar-refractivity contribution < 1.29 is 72.3 Å². The summed E-state index contributed by atoms with van der Waals surface area (Å²) in [4.78, 5) is 26.1. The number of hydrogen-bond acceptors (Lipinski definition) is 24. The second kappa shape index (κ2) is 24.8. The predicted octanol–water partition coefficient (Wildman–Crippen LogP) is 1.12. The van der Waals surface area contributed by atoms with Crippen LogP contribution in [-0.4, -0.2) is 184 Å². The molecule has 0 atom stereocenters. The molecule has 4 aromatic carbocycles. The molecule has 6 rings (SSSR count). The fourth-order valence-electron chi connectivity index (χ4n) is 6.45. The molecule has 0 saturated heterocycles. The number of aromatic nitrogens is 6. The Kier molecular flexibility index (Phi) is 19.6. The van der Waals surface area contributed by atoms with Crippen molar-refractivity contribution in [2.24, 2.45) is 0 Å². The van der Waals surface area contributed by atoms with Crippen molar-refractivity contribution in [1.29, 1.82) is 0 Å². The van der Waals surface area contributed by atoms with E-state index in [1.165, 1.54) is 58.3 Å². The topological polar surface area (TPSA) is 430 Å². The van der Waals surface area contributed by atoms with Gasteiger partial charge in [-0.15, -0.1) is 0 Å². The Morgan fingerprint density at radius 3 is 0.986 bits per heavy atom. The Balaban J connectivity index is 0.00000988. The maximum absolute atomic E-state index is 12.8. The van der Waals surface area contributed by atoms with Crippen LogP contribution in [0.1, 0.15) is 11.1 Å². The summed E-state index contributed by atoms with van der Waals surface area (Å²) in [6, 6.07) is 17.0. The Morgan fingerprint density at radius 2 is 0.712 bits per heavy atom. The minimum absolute atomic E-state index is 0. The van der Waals surface area contributed by atoms with E-state index in [0.717, 1.165) is 48.6 Å². The number of benzene rings is 4. The van der Waals surface area contributed by atoms with Gasteiger partial charge in [-0.25, -0.2) is 0 Å². The first kappa shape index (κ1) is 57.8. The number of rotatable bonds is 24. The third kappa shape index (κ3) is 16.2. The molecule has 2 heterocycles. The van der Waals surface area contributed by atoms with Gasteiger partial charge >= 0.3 is 29.6 Å². The third-order valence-electron chi connectivity index (χ3n) is 9.61. The van der Waals surface area contributed by atoms with Crippen LogP contribution in [0.3, 0.4) is 0 Å². The van der Waals surface area contributed by atoms with E-state index in [1.807, 2.05) is 0 Å². The fraction of sp³-hybridized carbons (Fsp3) is 0.200. The SMILES string of the molecule is O=S(=O)(O)c1cccc(Nc2nc(Nc3ccc(/C=C/c4ccc(Nc5nc(Nc6cccc(S(=O)(=O)O)c6)nc(N(CCO)CCO)n5)cc4S(=O)(=O)O)c(S(=O)(=O)O)c3)nc(N(CCO)CCO)n2)c1.[NaH]. The Hall–Kier alpha value is -6.08. The van der Waals surface area contributed by atoms with Crippen molar-refractivity contribution in [2.45, 2.75) is 19.6 Å². The van der Waals surface area contributed by atoms with Crippen LogP contribution >= 0.6 is 0 Å². The molecule has 0 aliphatic heterocycles. The van der Waals surface area contributed by atoms with E-state index < -0.39 is 86.5 Å². The molecule has 0 unspecified atom stereocenters. The quantitative estimate of drug-likeness (QED) is 0.0229. The van der Waals surface area contributed by atoms with E-state index in [-0.39, 0.29) is 125 Å². The van der Waals surface area contributed by atoms with E-state index in [1.54, 1.807) is 0 Å². The van der Waals surface area contributed by atoms with Crippen molar-refractivity contribution in [2.75, 3.05) is 83.7 Å². The normalized spacial score (nSPS) is 12.0. The van der Waals surface area contributed by atoms with Gasteiger partial charge in [0.2, 0.25) is 35.7 Å². The van der Waals surface area contributed by atoms with Crippen LogP contribution in [0.2, 0.25) is 0 Å². The van der Waals surface area contributed by atoms with Crippen LogP contribution < -0.4 is 31.1 Å². The summed E-state index contributed by atoms with van der Waals surface area (Å²) in [6.45, 7) is -1.83. The molecular formula is C40H45N12NaO16S4. The second-order valence-corrected chi connectivity index (χ2v) is 20.4. The average Bonchev–Trinajstić information content (AvgIpc) is 3.30. The number of anilines is 10. The molecule has 0 amide bonds. The first-order valence-electron chi connectivity index (χ1n) is 20.6. The molecule has 12 N–H and O–H groups in total. The van der Waals surface area contributed by atoms with Crippen LogP contribution in [-0.2, 0) is 40.5 Å². The summed E-state index contributed by atoms with van der Waals surface area (Å²) in [5.74, 6) is -1.18. The van der Waals surface area contributed by atoms with Gasteiger partial charge in [0.15, 0.2) is 0 Å². The monoisotopic (exact) mass is 1100 g/mol. The minimum atomic E-state index is -5.04. The zero-order valence-corrected chi connectivity index (χ0v) is 40.2. The van der Waals surface area contributed by atoms with E-state index in [9.17, 15) is 72.3 Å². The zero-order chi connectivity index (χ0) is 52.4. The maximum atomic E-state index is 12.8. The van der Waals surface area contributed by atoms with Crippen molar-refractivity contribution >= 4 is 141 Å². The van der Waals surface area contributed by atoms with Crippen LogP contribution in [0.25, 0.3) is 12.2 Å². The van der Waals surface area contributed by atoms with Crippen molar-refractivity contribution in [3.8, 4) is 0 Å². The van der Waals surface area contributed by atoms with E-state index in [4.69, 9.17) is 0 Å². The Labute approximate surface area is 439 Å². The molecule has 386 valence electrons. The molecule has 6 aromatic rings.